The molecular weight excluding hydrogens is 226 g/mol. The topological polar surface area (TPSA) is 49.6 Å². The first-order valence-electron chi connectivity index (χ1n) is 7.44. The van der Waals surface area contributed by atoms with E-state index in [-0.39, 0.29) is 6.03 Å². The molecule has 3 aliphatic rings. The molecule has 1 saturated carbocycles. The van der Waals surface area contributed by atoms with Crippen LogP contribution < -0.4 is 5.73 Å². The van der Waals surface area contributed by atoms with Gasteiger partial charge in [-0.25, -0.2) is 4.79 Å². The molecule has 2 aliphatic heterocycles. The number of hydrogen-bond acceptors (Lipinski definition) is 2. The van der Waals surface area contributed by atoms with Crippen LogP contribution >= 0.6 is 0 Å². The number of likely N-dealkylation sites (tertiary alicyclic amines) is 2. The number of rotatable bonds is 0. The van der Waals surface area contributed by atoms with Gasteiger partial charge >= 0.3 is 6.03 Å². The number of nitrogens with two attached hydrogens (primary N) is 1. The van der Waals surface area contributed by atoms with E-state index >= 15 is 0 Å². The third-order valence-electron chi connectivity index (χ3n) is 5.24. The first-order chi connectivity index (χ1) is 8.65. The van der Waals surface area contributed by atoms with Crippen molar-refractivity contribution >= 4 is 6.03 Å². The molecule has 1 aliphatic carbocycles. The lowest BCUT2D eigenvalue weighted by Gasteiger charge is -2.33. The fraction of sp³-hybridized carbons (Fsp3) is 0.929. The molecule has 0 bridgehead atoms. The number of nitrogens with zero attached hydrogens (tertiary/aromatic N) is 2. The molecule has 2 saturated heterocycles. The standard InChI is InChI=1S/C14H25N3O/c1-10-4-6-16(7-5-10)14(18)17-8-11-2-3-13(15)12(11)9-17/h10-13H,2-9,15H2,1H3. The predicted molar refractivity (Wildman–Crippen MR) is 71.1 cm³/mol. The zero-order chi connectivity index (χ0) is 12.7. The van der Waals surface area contributed by atoms with Crippen molar-refractivity contribution in [3.63, 3.8) is 0 Å². The molecule has 4 nitrogen and oxygen atoms in total. The van der Waals surface area contributed by atoms with Gasteiger partial charge in [-0.05, 0) is 43.4 Å². The fourth-order valence-electron chi connectivity index (χ4n) is 3.86. The van der Waals surface area contributed by atoms with Gasteiger partial charge in [-0.1, -0.05) is 6.92 Å². The first-order valence-corrected chi connectivity index (χ1v) is 7.44. The molecule has 3 unspecified atom stereocenters. The maximum absolute atomic E-state index is 12.5. The van der Waals surface area contributed by atoms with Gasteiger partial charge in [-0.3, -0.25) is 0 Å². The van der Waals surface area contributed by atoms with E-state index in [1.165, 1.54) is 6.42 Å². The van der Waals surface area contributed by atoms with Gasteiger partial charge in [0.15, 0.2) is 0 Å². The van der Waals surface area contributed by atoms with Crippen LogP contribution in [0.5, 0.6) is 0 Å². The molecule has 102 valence electrons. The molecule has 18 heavy (non-hydrogen) atoms. The smallest absolute Gasteiger partial charge is 0.320 e. The normalized spacial score (nSPS) is 37.1. The Labute approximate surface area is 109 Å². The minimum Gasteiger partial charge on any atom is -0.327 e. The van der Waals surface area contributed by atoms with Gasteiger partial charge in [0.1, 0.15) is 0 Å². The Hall–Kier alpha value is -0.770. The molecule has 0 radical (unpaired) electrons. The van der Waals surface area contributed by atoms with Crippen LogP contribution in [-0.2, 0) is 0 Å². The number of carbonyl (C=O) groups excluding carboxylic acids is 1. The lowest BCUT2D eigenvalue weighted by molar-refractivity contribution is 0.140. The van der Waals surface area contributed by atoms with Crippen LogP contribution in [0, 0.1) is 17.8 Å². The van der Waals surface area contributed by atoms with Gasteiger partial charge in [0.25, 0.3) is 0 Å². The second-order valence-corrected chi connectivity index (χ2v) is 6.52. The van der Waals surface area contributed by atoms with E-state index in [9.17, 15) is 4.79 Å². The van der Waals surface area contributed by atoms with Crippen LogP contribution in [0.15, 0.2) is 0 Å². The van der Waals surface area contributed by atoms with E-state index < -0.39 is 0 Å². The molecule has 0 aromatic heterocycles. The minimum atomic E-state index is 0.267. The van der Waals surface area contributed by atoms with Gasteiger partial charge in [0.2, 0.25) is 0 Å². The molecule has 3 atom stereocenters. The molecular formula is C14H25N3O. The van der Waals surface area contributed by atoms with Crippen molar-refractivity contribution < 1.29 is 4.79 Å². The van der Waals surface area contributed by atoms with Gasteiger partial charge < -0.3 is 15.5 Å². The van der Waals surface area contributed by atoms with Crippen LogP contribution in [0.1, 0.15) is 32.6 Å². The lowest BCUT2D eigenvalue weighted by Crippen LogP contribution is -2.46. The summed E-state index contributed by atoms with van der Waals surface area (Å²) >= 11 is 0. The van der Waals surface area contributed by atoms with Crippen LogP contribution in [0.3, 0.4) is 0 Å². The maximum Gasteiger partial charge on any atom is 0.320 e. The Morgan fingerprint density at radius 3 is 2.44 bits per heavy atom. The average molecular weight is 251 g/mol. The Morgan fingerprint density at radius 1 is 1.06 bits per heavy atom. The molecule has 2 heterocycles. The highest BCUT2D eigenvalue weighted by Gasteiger charge is 2.43. The monoisotopic (exact) mass is 251 g/mol. The Balaban J connectivity index is 1.58. The quantitative estimate of drug-likeness (QED) is 0.709. The molecule has 4 heteroatoms. The molecule has 3 fully saturated rings. The largest absolute Gasteiger partial charge is 0.327 e. The Bertz CT molecular complexity index is 325. The predicted octanol–water partition coefficient (Wildman–Crippen LogP) is 1.51. The number of amides is 2. The summed E-state index contributed by atoms with van der Waals surface area (Å²) in [4.78, 5) is 16.6. The summed E-state index contributed by atoms with van der Waals surface area (Å²) < 4.78 is 0. The van der Waals surface area contributed by atoms with Crippen LogP contribution in [0.25, 0.3) is 0 Å². The molecule has 2 N–H and O–H groups in total. The second-order valence-electron chi connectivity index (χ2n) is 6.52. The summed E-state index contributed by atoms with van der Waals surface area (Å²) in [6.45, 7) is 6.01. The van der Waals surface area contributed by atoms with Crippen molar-refractivity contribution in [2.75, 3.05) is 26.2 Å². The van der Waals surface area contributed by atoms with Gasteiger partial charge in [-0.2, -0.15) is 0 Å². The number of hydrogen-bond donors (Lipinski definition) is 1. The SMILES string of the molecule is CC1CCN(C(=O)N2CC3CCC(N)C3C2)CC1. The number of urea groups is 1. The van der Waals surface area contributed by atoms with E-state index in [2.05, 4.69) is 11.8 Å². The highest BCUT2D eigenvalue weighted by atomic mass is 16.2. The lowest BCUT2D eigenvalue weighted by atomic mass is 9.98. The summed E-state index contributed by atoms with van der Waals surface area (Å²) in [7, 11) is 0. The molecule has 0 aromatic rings. The maximum atomic E-state index is 12.5. The third kappa shape index (κ3) is 2.11. The molecule has 3 rings (SSSR count). The third-order valence-corrected chi connectivity index (χ3v) is 5.24. The van der Waals surface area contributed by atoms with Gasteiger partial charge in [-0.15, -0.1) is 0 Å². The Morgan fingerprint density at radius 2 is 1.78 bits per heavy atom. The van der Waals surface area contributed by atoms with Crippen LogP contribution in [0.2, 0.25) is 0 Å². The highest BCUT2D eigenvalue weighted by molar-refractivity contribution is 5.75. The summed E-state index contributed by atoms with van der Waals surface area (Å²) in [5, 5.41) is 0. The van der Waals surface area contributed by atoms with Gasteiger partial charge in [0.05, 0.1) is 0 Å². The highest BCUT2D eigenvalue weighted by Crippen LogP contribution is 2.37. The van der Waals surface area contributed by atoms with Crippen LogP contribution in [-0.4, -0.2) is 48.1 Å². The first kappa shape index (κ1) is 12.3. The van der Waals surface area contributed by atoms with Crippen molar-refractivity contribution in [3.05, 3.63) is 0 Å². The van der Waals surface area contributed by atoms with Crippen LogP contribution in [0.4, 0.5) is 4.79 Å². The molecule has 2 amide bonds. The van der Waals surface area contributed by atoms with Crippen molar-refractivity contribution in [1.29, 1.82) is 0 Å². The molecule has 0 aromatic carbocycles. The van der Waals surface area contributed by atoms with E-state index in [0.29, 0.717) is 17.9 Å². The van der Waals surface area contributed by atoms with Crippen molar-refractivity contribution in [2.24, 2.45) is 23.5 Å². The van der Waals surface area contributed by atoms with E-state index in [4.69, 9.17) is 5.73 Å². The molecule has 0 spiro atoms. The number of fused-ring (bicyclic) bond motifs is 1. The number of piperidine rings is 1. The zero-order valence-electron chi connectivity index (χ0n) is 11.3. The van der Waals surface area contributed by atoms with Crippen molar-refractivity contribution in [1.82, 2.24) is 9.80 Å². The van der Waals surface area contributed by atoms with Gasteiger partial charge in [0, 0.05) is 32.2 Å². The summed E-state index contributed by atoms with van der Waals surface area (Å²) in [6, 6.07) is 0.595. The average Bonchev–Trinajstić information content (AvgIpc) is 2.92. The van der Waals surface area contributed by atoms with E-state index in [0.717, 1.165) is 51.4 Å². The fourth-order valence-corrected chi connectivity index (χ4v) is 3.86. The van der Waals surface area contributed by atoms with Crippen molar-refractivity contribution in [3.8, 4) is 0 Å². The zero-order valence-corrected chi connectivity index (χ0v) is 11.3. The van der Waals surface area contributed by atoms with E-state index in [1.807, 2.05) is 4.90 Å². The number of carbonyl (C=O) groups is 1. The van der Waals surface area contributed by atoms with Crippen molar-refractivity contribution in [2.45, 2.75) is 38.6 Å². The van der Waals surface area contributed by atoms with E-state index in [1.54, 1.807) is 0 Å². The summed E-state index contributed by atoms with van der Waals surface area (Å²) in [5.74, 6) is 2.02. The Kier molecular flexibility index (Phi) is 3.22. The summed E-state index contributed by atoms with van der Waals surface area (Å²) in [6.07, 6.45) is 4.68. The minimum absolute atomic E-state index is 0.267. The summed E-state index contributed by atoms with van der Waals surface area (Å²) in [5.41, 5.74) is 6.13. The second kappa shape index (κ2) is 4.72.